The molecule has 1 unspecified atom stereocenters. The van der Waals surface area contributed by atoms with E-state index in [0.717, 1.165) is 18.9 Å². The van der Waals surface area contributed by atoms with Gasteiger partial charge in [-0.1, -0.05) is 0 Å². The lowest BCUT2D eigenvalue weighted by Crippen LogP contribution is -2.34. The van der Waals surface area contributed by atoms with Crippen LogP contribution < -0.4 is 5.32 Å². The van der Waals surface area contributed by atoms with Crippen molar-refractivity contribution in [3.05, 3.63) is 41.3 Å². The molecule has 3 heterocycles. The molecule has 0 aromatic carbocycles. The van der Waals surface area contributed by atoms with Crippen molar-refractivity contribution in [1.29, 1.82) is 0 Å². The molecule has 22 heavy (non-hydrogen) atoms. The molecule has 0 aliphatic carbocycles. The molecule has 0 spiro atoms. The first-order valence-corrected chi connectivity index (χ1v) is 8.01. The number of rotatable bonds is 4. The van der Waals surface area contributed by atoms with Crippen LogP contribution in [0, 0.1) is 6.92 Å². The Morgan fingerprint density at radius 1 is 1.41 bits per heavy atom. The van der Waals surface area contributed by atoms with Crippen LogP contribution in [0.25, 0.3) is 0 Å². The van der Waals surface area contributed by atoms with Gasteiger partial charge in [0.25, 0.3) is 0 Å². The maximum Gasteiger partial charge on any atom is 0.125 e. The SMILES string of the molecule is CNc1cc(C2CCCN(Cc3cnn(C)c3C)C2)ccn1. The van der Waals surface area contributed by atoms with E-state index in [9.17, 15) is 0 Å². The van der Waals surface area contributed by atoms with Crippen LogP contribution in [0.1, 0.15) is 35.6 Å². The van der Waals surface area contributed by atoms with Gasteiger partial charge in [0.15, 0.2) is 0 Å². The largest absolute Gasteiger partial charge is 0.373 e. The van der Waals surface area contributed by atoms with Crippen LogP contribution in [0.2, 0.25) is 0 Å². The van der Waals surface area contributed by atoms with Crippen LogP contribution in [-0.2, 0) is 13.6 Å². The summed E-state index contributed by atoms with van der Waals surface area (Å²) in [6, 6.07) is 4.34. The monoisotopic (exact) mass is 299 g/mol. The number of nitrogens with zero attached hydrogens (tertiary/aromatic N) is 4. The minimum Gasteiger partial charge on any atom is -0.373 e. The van der Waals surface area contributed by atoms with E-state index in [4.69, 9.17) is 0 Å². The van der Waals surface area contributed by atoms with Crippen LogP contribution in [0.15, 0.2) is 24.5 Å². The van der Waals surface area contributed by atoms with Crippen molar-refractivity contribution in [1.82, 2.24) is 19.7 Å². The van der Waals surface area contributed by atoms with E-state index >= 15 is 0 Å². The van der Waals surface area contributed by atoms with Gasteiger partial charge in [0.05, 0.1) is 6.20 Å². The number of aryl methyl sites for hydroxylation is 1. The average molecular weight is 299 g/mol. The lowest BCUT2D eigenvalue weighted by molar-refractivity contribution is 0.200. The van der Waals surface area contributed by atoms with E-state index < -0.39 is 0 Å². The highest BCUT2D eigenvalue weighted by Crippen LogP contribution is 2.28. The summed E-state index contributed by atoms with van der Waals surface area (Å²) < 4.78 is 1.96. The standard InChI is InChI=1S/C17H25N5/c1-13-16(10-20-21(13)3)12-22-8-4-5-15(11-22)14-6-7-19-17(9-14)18-2/h6-7,9-10,15H,4-5,8,11-12H2,1-3H3,(H,18,19). The Kier molecular flexibility index (Phi) is 4.43. The van der Waals surface area contributed by atoms with Crippen LogP contribution in [0.4, 0.5) is 5.82 Å². The van der Waals surface area contributed by atoms with Crippen molar-refractivity contribution in [2.45, 2.75) is 32.2 Å². The fourth-order valence-corrected chi connectivity index (χ4v) is 3.25. The zero-order valence-corrected chi connectivity index (χ0v) is 13.7. The van der Waals surface area contributed by atoms with E-state index in [0.29, 0.717) is 5.92 Å². The fraction of sp³-hybridized carbons (Fsp3) is 0.529. The molecule has 0 radical (unpaired) electrons. The Morgan fingerprint density at radius 2 is 2.27 bits per heavy atom. The first kappa shape index (κ1) is 15.0. The second-order valence-corrected chi connectivity index (χ2v) is 6.18. The number of hydrogen-bond donors (Lipinski definition) is 1. The van der Waals surface area contributed by atoms with Crippen LogP contribution in [-0.4, -0.2) is 39.8 Å². The van der Waals surface area contributed by atoms with Gasteiger partial charge in [-0.15, -0.1) is 0 Å². The normalized spacial score (nSPS) is 19.3. The molecule has 118 valence electrons. The molecule has 5 heteroatoms. The third-order valence-corrected chi connectivity index (χ3v) is 4.75. The van der Waals surface area contributed by atoms with E-state index in [-0.39, 0.29) is 0 Å². The van der Waals surface area contributed by atoms with E-state index in [1.54, 1.807) is 0 Å². The van der Waals surface area contributed by atoms with Crippen LogP contribution in [0.3, 0.4) is 0 Å². The van der Waals surface area contributed by atoms with Gasteiger partial charge >= 0.3 is 0 Å². The molecule has 0 saturated carbocycles. The number of hydrogen-bond acceptors (Lipinski definition) is 4. The van der Waals surface area contributed by atoms with Crippen molar-refractivity contribution in [2.75, 3.05) is 25.5 Å². The molecule has 0 amide bonds. The molecule has 1 aliphatic heterocycles. The molecule has 1 saturated heterocycles. The summed E-state index contributed by atoms with van der Waals surface area (Å²) in [6.07, 6.45) is 6.42. The summed E-state index contributed by atoms with van der Waals surface area (Å²) >= 11 is 0. The maximum atomic E-state index is 4.35. The lowest BCUT2D eigenvalue weighted by Gasteiger charge is -2.33. The zero-order valence-electron chi connectivity index (χ0n) is 13.7. The molecule has 2 aromatic heterocycles. The van der Waals surface area contributed by atoms with Gasteiger partial charge in [-0.05, 0) is 49.9 Å². The Bertz CT molecular complexity index is 634. The predicted octanol–water partition coefficient (Wildman–Crippen LogP) is 2.54. The molecular weight excluding hydrogens is 274 g/mol. The molecule has 0 bridgehead atoms. The molecule has 3 rings (SSSR count). The molecule has 1 N–H and O–H groups in total. The zero-order chi connectivity index (χ0) is 15.5. The Morgan fingerprint density at radius 3 is 3.00 bits per heavy atom. The van der Waals surface area contributed by atoms with E-state index in [1.165, 1.54) is 36.2 Å². The minimum absolute atomic E-state index is 0.598. The highest BCUT2D eigenvalue weighted by molar-refractivity contribution is 5.38. The molecular formula is C17H25N5. The smallest absolute Gasteiger partial charge is 0.125 e. The highest BCUT2D eigenvalue weighted by Gasteiger charge is 2.22. The highest BCUT2D eigenvalue weighted by atomic mass is 15.3. The second-order valence-electron chi connectivity index (χ2n) is 6.18. The summed E-state index contributed by atoms with van der Waals surface area (Å²) in [5.74, 6) is 1.55. The number of aromatic nitrogens is 3. The molecule has 1 aliphatic rings. The molecule has 5 nitrogen and oxygen atoms in total. The maximum absolute atomic E-state index is 4.35. The van der Waals surface area contributed by atoms with Crippen molar-refractivity contribution in [2.24, 2.45) is 7.05 Å². The number of anilines is 1. The van der Waals surface area contributed by atoms with Gasteiger partial charge in [-0.2, -0.15) is 5.10 Å². The lowest BCUT2D eigenvalue weighted by atomic mass is 9.91. The molecule has 1 atom stereocenters. The fourth-order valence-electron chi connectivity index (χ4n) is 3.25. The van der Waals surface area contributed by atoms with Crippen LogP contribution in [0.5, 0.6) is 0 Å². The number of piperidine rings is 1. The van der Waals surface area contributed by atoms with Gasteiger partial charge in [-0.3, -0.25) is 9.58 Å². The summed E-state index contributed by atoms with van der Waals surface area (Å²) in [6.45, 7) is 5.43. The van der Waals surface area contributed by atoms with Crippen molar-refractivity contribution < 1.29 is 0 Å². The number of nitrogens with one attached hydrogen (secondary N) is 1. The van der Waals surface area contributed by atoms with Gasteiger partial charge in [0.1, 0.15) is 5.82 Å². The Hall–Kier alpha value is -1.88. The summed E-state index contributed by atoms with van der Waals surface area (Å²) in [7, 11) is 3.93. The number of likely N-dealkylation sites (tertiary alicyclic amines) is 1. The predicted molar refractivity (Wildman–Crippen MR) is 89.0 cm³/mol. The quantitative estimate of drug-likeness (QED) is 0.942. The average Bonchev–Trinajstić information content (AvgIpc) is 2.87. The van der Waals surface area contributed by atoms with Gasteiger partial charge in [0, 0.05) is 44.6 Å². The summed E-state index contributed by atoms with van der Waals surface area (Å²) in [5, 5.41) is 7.49. The molecule has 1 fully saturated rings. The third-order valence-electron chi connectivity index (χ3n) is 4.75. The topological polar surface area (TPSA) is 46.0 Å². The number of pyridine rings is 1. The van der Waals surface area contributed by atoms with Gasteiger partial charge in [0.2, 0.25) is 0 Å². The van der Waals surface area contributed by atoms with Crippen molar-refractivity contribution in [3.8, 4) is 0 Å². The van der Waals surface area contributed by atoms with E-state index in [1.807, 2.05) is 31.2 Å². The second kappa shape index (κ2) is 6.48. The van der Waals surface area contributed by atoms with Crippen LogP contribution >= 0.6 is 0 Å². The summed E-state index contributed by atoms with van der Waals surface area (Å²) in [5.41, 5.74) is 4.00. The summed E-state index contributed by atoms with van der Waals surface area (Å²) in [4.78, 5) is 6.87. The van der Waals surface area contributed by atoms with Gasteiger partial charge in [-0.25, -0.2) is 4.98 Å². The van der Waals surface area contributed by atoms with E-state index in [2.05, 4.69) is 39.4 Å². The first-order valence-electron chi connectivity index (χ1n) is 8.01. The van der Waals surface area contributed by atoms with Gasteiger partial charge < -0.3 is 5.32 Å². The molecule has 2 aromatic rings. The van der Waals surface area contributed by atoms with Crippen molar-refractivity contribution >= 4 is 5.82 Å². The Balaban J connectivity index is 1.70. The minimum atomic E-state index is 0.598. The Labute approximate surface area is 132 Å². The third kappa shape index (κ3) is 3.14. The van der Waals surface area contributed by atoms with Crippen molar-refractivity contribution in [3.63, 3.8) is 0 Å². The first-order chi connectivity index (χ1) is 10.7.